The summed E-state index contributed by atoms with van der Waals surface area (Å²) in [4.78, 5) is 33.2. The lowest BCUT2D eigenvalue weighted by Gasteiger charge is -2.33. The SMILES string of the molecule is COC(=O)C(C)=C1CCC2(CC1)OCCO2.COC(=O)C(C)P(=O)(OC)OC.O=C1CCC2(CC1)OCCO2. The Hall–Kier alpha value is -1.66. The molecule has 224 valence electrons. The van der Waals surface area contributed by atoms with Crippen LogP contribution in [0.2, 0.25) is 0 Å². The fraction of sp³-hybridized carbons (Fsp3) is 0.808. The highest BCUT2D eigenvalue weighted by atomic mass is 31.2. The van der Waals surface area contributed by atoms with Crippen LogP contribution in [0.4, 0.5) is 0 Å². The Morgan fingerprint density at radius 2 is 1.18 bits per heavy atom. The van der Waals surface area contributed by atoms with E-state index in [2.05, 4.69) is 13.8 Å². The van der Waals surface area contributed by atoms with E-state index in [1.807, 2.05) is 6.92 Å². The van der Waals surface area contributed by atoms with Crippen LogP contribution >= 0.6 is 7.60 Å². The molecular formula is C26H43O12P. The molecular weight excluding hydrogens is 535 g/mol. The molecule has 2 spiro atoms. The third-order valence-electron chi connectivity index (χ3n) is 7.36. The Kier molecular flexibility index (Phi) is 13.2. The first-order chi connectivity index (χ1) is 18.5. The van der Waals surface area contributed by atoms with Crippen molar-refractivity contribution < 1.29 is 56.4 Å². The Morgan fingerprint density at radius 3 is 1.54 bits per heavy atom. The molecule has 2 aliphatic heterocycles. The number of ether oxygens (including phenoxy) is 6. The molecule has 4 aliphatic rings. The minimum absolute atomic E-state index is 0.223. The minimum Gasteiger partial charge on any atom is -0.468 e. The van der Waals surface area contributed by atoms with Crippen molar-refractivity contribution in [3.8, 4) is 0 Å². The van der Waals surface area contributed by atoms with Crippen LogP contribution in [0.1, 0.15) is 65.2 Å². The van der Waals surface area contributed by atoms with E-state index in [9.17, 15) is 18.9 Å². The van der Waals surface area contributed by atoms with Gasteiger partial charge in [-0.15, -0.1) is 0 Å². The first-order valence-electron chi connectivity index (χ1n) is 13.1. The molecule has 0 N–H and O–H groups in total. The number of Topliss-reactive ketones (excluding diaryl/α,β-unsaturated/α-hetero) is 1. The Balaban J connectivity index is 0.000000210. The summed E-state index contributed by atoms with van der Waals surface area (Å²) >= 11 is 0. The van der Waals surface area contributed by atoms with Crippen LogP contribution in [-0.2, 0) is 56.4 Å². The first kappa shape index (κ1) is 33.5. The van der Waals surface area contributed by atoms with Crippen molar-refractivity contribution in [3.05, 3.63) is 11.1 Å². The maximum absolute atomic E-state index is 11.5. The third-order valence-corrected chi connectivity index (χ3v) is 9.54. The molecule has 2 saturated carbocycles. The Morgan fingerprint density at radius 1 is 0.769 bits per heavy atom. The molecule has 2 heterocycles. The van der Waals surface area contributed by atoms with Crippen LogP contribution < -0.4 is 0 Å². The number of esters is 2. The van der Waals surface area contributed by atoms with Crippen molar-refractivity contribution in [2.45, 2.75) is 82.4 Å². The predicted octanol–water partition coefficient (Wildman–Crippen LogP) is 3.70. The van der Waals surface area contributed by atoms with Gasteiger partial charge in [0.2, 0.25) is 0 Å². The molecule has 12 nitrogen and oxygen atoms in total. The highest BCUT2D eigenvalue weighted by molar-refractivity contribution is 7.55. The number of carbonyl (C=O) groups excluding carboxylic acids is 3. The first-order valence-corrected chi connectivity index (χ1v) is 14.7. The number of ketones is 1. The summed E-state index contributed by atoms with van der Waals surface area (Å²) in [6, 6.07) is 0. The molecule has 2 saturated heterocycles. The lowest BCUT2D eigenvalue weighted by Crippen LogP contribution is -2.35. The van der Waals surface area contributed by atoms with E-state index in [-0.39, 0.29) is 17.5 Å². The number of rotatable bonds is 5. The largest absolute Gasteiger partial charge is 0.468 e. The molecule has 0 bridgehead atoms. The highest BCUT2D eigenvalue weighted by Gasteiger charge is 2.40. The fourth-order valence-corrected chi connectivity index (χ4v) is 5.92. The monoisotopic (exact) mass is 578 g/mol. The van der Waals surface area contributed by atoms with E-state index in [0.29, 0.717) is 45.1 Å². The average Bonchev–Trinajstić information content (AvgIpc) is 3.63. The second-order valence-electron chi connectivity index (χ2n) is 9.58. The highest BCUT2D eigenvalue weighted by Crippen LogP contribution is 2.51. The van der Waals surface area contributed by atoms with E-state index in [4.69, 9.17) is 23.7 Å². The quantitative estimate of drug-likeness (QED) is 0.267. The van der Waals surface area contributed by atoms with Gasteiger partial charge < -0.3 is 37.5 Å². The van der Waals surface area contributed by atoms with Gasteiger partial charge in [0.15, 0.2) is 17.2 Å². The lowest BCUT2D eigenvalue weighted by atomic mass is 9.87. The van der Waals surface area contributed by atoms with Gasteiger partial charge >= 0.3 is 19.5 Å². The summed E-state index contributed by atoms with van der Waals surface area (Å²) in [5.41, 5.74) is 1.03. The fourth-order valence-electron chi connectivity index (χ4n) is 4.78. The van der Waals surface area contributed by atoms with Crippen molar-refractivity contribution >= 4 is 25.3 Å². The predicted molar refractivity (Wildman–Crippen MR) is 139 cm³/mol. The number of allylic oxidation sites excluding steroid dienone is 1. The van der Waals surface area contributed by atoms with Crippen LogP contribution in [0.25, 0.3) is 0 Å². The zero-order valence-corrected chi connectivity index (χ0v) is 24.8. The maximum Gasteiger partial charge on any atom is 0.344 e. The van der Waals surface area contributed by atoms with Crippen LogP contribution in [-0.4, -0.2) is 89.8 Å². The standard InChI is InChI=1S/C12H18O4.C8H12O3.C6H13O5P/c1-9(11(13)14-2)10-3-5-12(6-4-10)15-7-8-16-12;9-7-1-3-8(4-2-7)10-5-6-11-8;1-5(6(7)9-2)12(8,10-3)11-4/h3-8H2,1-2H3;1-6H2;5H,1-4H3. The van der Waals surface area contributed by atoms with Crippen LogP contribution in [0.5, 0.6) is 0 Å². The second kappa shape index (κ2) is 15.4. The number of hydrogen-bond acceptors (Lipinski definition) is 12. The molecule has 1 unspecified atom stereocenters. The molecule has 4 fully saturated rings. The van der Waals surface area contributed by atoms with E-state index >= 15 is 0 Å². The van der Waals surface area contributed by atoms with Gasteiger partial charge in [-0.25, -0.2) is 4.79 Å². The molecule has 0 radical (unpaired) electrons. The van der Waals surface area contributed by atoms with Crippen molar-refractivity contribution in [2.24, 2.45) is 0 Å². The summed E-state index contributed by atoms with van der Waals surface area (Å²) in [5, 5.41) is 0. The molecule has 0 aromatic heterocycles. The zero-order chi connectivity index (χ0) is 29.1. The molecule has 2 aliphatic carbocycles. The summed E-state index contributed by atoms with van der Waals surface area (Å²) in [6.07, 6.45) is 6.17. The number of hydrogen-bond donors (Lipinski definition) is 0. The number of methoxy groups -OCH3 is 2. The summed E-state index contributed by atoms with van der Waals surface area (Å²) in [5.74, 6) is -1.22. The normalized spacial score (nSPS) is 22.3. The Labute approximate surface area is 230 Å². The topological polar surface area (TPSA) is 142 Å². The Bertz CT molecular complexity index is 886. The molecule has 0 amide bonds. The van der Waals surface area contributed by atoms with Gasteiger partial charge in [-0.3, -0.25) is 14.2 Å². The second-order valence-corrected chi connectivity index (χ2v) is 12.2. The summed E-state index contributed by atoms with van der Waals surface area (Å²) in [7, 11) is 1.77. The molecule has 4 rings (SSSR count). The van der Waals surface area contributed by atoms with E-state index in [1.54, 1.807) is 0 Å². The molecule has 39 heavy (non-hydrogen) atoms. The zero-order valence-electron chi connectivity index (χ0n) is 23.9. The van der Waals surface area contributed by atoms with Crippen molar-refractivity contribution in [1.82, 2.24) is 0 Å². The summed E-state index contributed by atoms with van der Waals surface area (Å²) < 4.78 is 52.0. The van der Waals surface area contributed by atoms with Gasteiger partial charge in [0.05, 0.1) is 40.6 Å². The molecule has 13 heteroatoms. The van der Waals surface area contributed by atoms with Crippen molar-refractivity contribution in [3.63, 3.8) is 0 Å². The summed E-state index contributed by atoms with van der Waals surface area (Å²) in [6.45, 7) is 6.02. The minimum atomic E-state index is -3.32. The van der Waals surface area contributed by atoms with Crippen LogP contribution in [0.15, 0.2) is 11.1 Å². The van der Waals surface area contributed by atoms with Gasteiger partial charge in [0.1, 0.15) is 5.78 Å². The van der Waals surface area contributed by atoms with Crippen molar-refractivity contribution in [1.29, 1.82) is 0 Å². The van der Waals surface area contributed by atoms with Crippen LogP contribution in [0.3, 0.4) is 0 Å². The van der Waals surface area contributed by atoms with Gasteiger partial charge in [0.25, 0.3) is 0 Å². The molecule has 0 aromatic carbocycles. The van der Waals surface area contributed by atoms with E-state index in [0.717, 1.165) is 44.1 Å². The smallest absolute Gasteiger partial charge is 0.344 e. The van der Waals surface area contributed by atoms with Gasteiger partial charge in [-0.1, -0.05) is 5.57 Å². The molecule has 0 aromatic rings. The molecule has 1 atom stereocenters. The van der Waals surface area contributed by atoms with E-state index < -0.39 is 19.2 Å². The number of carbonyl (C=O) groups is 3. The average molecular weight is 579 g/mol. The van der Waals surface area contributed by atoms with Crippen molar-refractivity contribution in [2.75, 3.05) is 54.9 Å². The maximum atomic E-state index is 11.5. The van der Waals surface area contributed by atoms with Crippen LogP contribution in [0, 0.1) is 0 Å². The van der Waals surface area contributed by atoms with Gasteiger partial charge in [0, 0.05) is 58.3 Å². The van der Waals surface area contributed by atoms with Gasteiger partial charge in [-0.2, -0.15) is 0 Å². The van der Waals surface area contributed by atoms with Gasteiger partial charge in [-0.05, 0) is 26.7 Å². The van der Waals surface area contributed by atoms with E-state index in [1.165, 1.54) is 40.9 Å². The lowest BCUT2D eigenvalue weighted by molar-refractivity contribution is -0.179. The third kappa shape index (κ3) is 9.18.